The number of aromatic nitrogens is 5. The van der Waals surface area contributed by atoms with Gasteiger partial charge in [0.2, 0.25) is 5.16 Å². The van der Waals surface area contributed by atoms with E-state index in [2.05, 4.69) is 19.8 Å². The monoisotopic (exact) mass is 300 g/mol. The highest BCUT2D eigenvalue weighted by molar-refractivity contribution is 7.99. The van der Waals surface area contributed by atoms with Crippen molar-refractivity contribution in [2.75, 3.05) is 11.6 Å². The van der Waals surface area contributed by atoms with Crippen LogP contribution in [0.5, 0.6) is 0 Å². The number of thioether (sulfide) groups is 1. The van der Waals surface area contributed by atoms with E-state index in [1.165, 1.54) is 16.2 Å². The van der Waals surface area contributed by atoms with Crippen molar-refractivity contribution < 1.29 is 9.90 Å². The number of nitrogens with zero attached hydrogens (tertiary/aromatic N) is 5. The number of hydrogen-bond acceptors (Lipinski definition) is 8. The maximum Gasteiger partial charge on any atom is 0.313 e. The fourth-order valence-corrected chi connectivity index (χ4v) is 2.70. The summed E-state index contributed by atoms with van der Waals surface area (Å²) in [5.41, 5.74) is 0.835. The molecule has 19 heavy (non-hydrogen) atoms. The van der Waals surface area contributed by atoms with Crippen LogP contribution in [-0.4, -0.2) is 41.3 Å². The van der Waals surface area contributed by atoms with Gasteiger partial charge in [-0.1, -0.05) is 29.6 Å². The highest BCUT2D eigenvalue weighted by atomic mass is 32.2. The van der Waals surface area contributed by atoms with Gasteiger partial charge in [-0.2, -0.15) is 0 Å². The summed E-state index contributed by atoms with van der Waals surface area (Å²) in [5.74, 6) is 5.30. The van der Waals surface area contributed by atoms with Crippen LogP contribution in [0.1, 0.15) is 19.0 Å². The number of nitrogens with two attached hydrogens (primary N) is 1. The number of carboxylic acids is 1. The maximum absolute atomic E-state index is 10.5. The molecule has 0 aliphatic rings. The van der Waals surface area contributed by atoms with Crippen LogP contribution in [0.25, 0.3) is 10.7 Å². The SMILES string of the molecule is CCCc1nnsc1-c1nnc(SCC(=O)O)n1N. The summed E-state index contributed by atoms with van der Waals surface area (Å²) < 4.78 is 5.18. The first kappa shape index (κ1) is 13.7. The molecule has 2 rings (SSSR count). The molecule has 0 atom stereocenters. The minimum absolute atomic E-state index is 0.113. The second kappa shape index (κ2) is 5.97. The molecule has 2 heterocycles. The lowest BCUT2D eigenvalue weighted by Gasteiger charge is -2.01. The Kier molecular flexibility index (Phi) is 4.32. The number of rotatable bonds is 6. The summed E-state index contributed by atoms with van der Waals surface area (Å²) in [5, 5.41) is 20.9. The number of carbonyl (C=O) groups is 1. The second-order valence-corrected chi connectivity index (χ2v) is 5.35. The first-order valence-corrected chi connectivity index (χ1v) is 7.26. The molecule has 0 amide bonds. The summed E-state index contributed by atoms with van der Waals surface area (Å²) in [6.45, 7) is 2.05. The highest BCUT2D eigenvalue weighted by Crippen LogP contribution is 2.27. The third-order valence-electron chi connectivity index (χ3n) is 2.23. The third-order valence-corrected chi connectivity index (χ3v) is 3.93. The van der Waals surface area contributed by atoms with Crippen LogP contribution in [0.3, 0.4) is 0 Å². The molecule has 10 heteroatoms. The van der Waals surface area contributed by atoms with Crippen LogP contribution in [0.4, 0.5) is 0 Å². The molecule has 3 N–H and O–H groups in total. The van der Waals surface area contributed by atoms with Crippen LogP contribution in [-0.2, 0) is 11.2 Å². The Morgan fingerprint density at radius 2 is 2.26 bits per heavy atom. The van der Waals surface area contributed by atoms with Crippen molar-refractivity contribution in [3.05, 3.63) is 5.69 Å². The standard InChI is InChI=1S/C9H12N6O2S2/c1-2-3-5-7(19-14-11-5)8-12-13-9(15(8)10)18-4-6(16)17/h2-4,10H2,1H3,(H,16,17). The van der Waals surface area contributed by atoms with Crippen molar-refractivity contribution in [2.45, 2.75) is 24.9 Å². The molecule has 0 spiro atoms. The lowest BCUT2D eigenvalue weighted by Crippen LogP contribution is -2.12. The smallest absolute Gasteiger partial charge is 0.313 e. The van der Waals surface area contributed by atoms with Gasteiger partial charge in [-0.15, -0.1) is 15.3 Å². The van der Waals surface area contributed by atoms with Gasteiger partial charge < -0.3 is 10.9 Å². The highest BCUT2D eigenvalue weighted by Gasteiger charge is 2.18. The summed E-state index contributed by atoms with van der Waals surface area (Å²) in [6.07, 6.45) is 1.73. The van der Waals surface area contributed by atoms with Crippen molar-refractivity contribution in [2.24, 2.45) is 0 Å². The van der Waals surface area contributed by atoms with Gasteiger partial charge in [0.1, 0.15) is 4.88 Å². The van der Waals surface area contributed by atoms with Gasteiger partial charge in [0, 0.05) is 0 Å². The Balaban J connectivity index is 2.25. The quantitative estimate of drug-likeness (QED) is 0.589. The van der Waals surface area contributed by atoms with E-state index in [1.54, 1.807) is 0 Å². The minimum Gasteiger partial charge on any atom is -0.481 e. The molecular weight excluding hydrogens is 288 g/mol. The van der Waals surface area contributed by atoms with Gasteiger partial charge in [-0.3, -0.25) is 4.79 Å². The molecule has 0 saturated heterocycles. The maximum atomic E-state index is 10.5. The van der Waals surface area contributed by atoms with E-state index in [0.717, 1.165) is 35.2 Å². The van der Waals surface area contributed by atoms with Gasteiger partial charge in [-0.05, 0) is 18.0 Å². The average Bonchev–Trinajstić information content (AvgIpc) is 2.94. The van der Waals surface area contributed by atoms with Gasteiger partial charge in [-0.25, -0.2) is 4.68 Å². The van der Waals surface area contributed by atoms with Crippen molar-refractivity contribution >= 4 is 29.3 Å². The first-order chi connectivity index (χ1) is 9.13. The zero-order chi connectivity index (χ0) is 13.8. The number of carboxylic acid groups (broad SMARTS) is 1. The predicted molar refractivity (Wildman–Crippen MR) is 71.4 cm³/mol. The van der Waals surface area contributed by atoms with E-state index in [9.17, 15) is 4.79 Å². The van der Waals surface area contributed by atoms with Gasteiger partial charge in [0.15, 0.2) is 5.82 Å². The van der Waals surface area contributed by atoms with Crippen LogP contribution in [0.2, 0.25) is 0 Å². The molecule has 0 fully saturated rings. The molecule has 0 bridgehead atoms. The van der Waals surface area contributed by atoms with Gasteiger partial charge in [0.25, 0.3) is 0 Å². The van der Waals surface area contributed by atoms with E-state index in [-0.39, 0.29) is 5.75 Å². The van der Waals surface area contributed by atoms with Crippen LogP contribution in [0.15, 0.2) is 5.16 Å². The van der Waals surface area contributed by atoms with Crippen molar-refractivity contribution in [1.29, 1.82) is 0 Å². The minimum atomic E-state index is -0.930. The summed E-state index contributed by atoms with van der Waals surface area (Å²) in [7, 11) is 0. The van der Waals surface area contributed by atoms with E-state index >= 15 is 0 Å². The number of aryl methyl sites for hydroxylation is 1. The Labute approximate surface area is 117 Å². The van der Waals surface area contributed by atoms with Crippen molar-refractivity contribution in [3.63, 3.8) is 0 Å². The Morgan fingerprint density at radius 3 is 2.95 bits per heavy atom. The molecule has 102 valence electrons. The predicted octanol–water partition coefficient (Wildman–Crippen LogP) is 0.640. The molecule has 0 aromatic carbocycles. The Hall–Kier alpha value is -1.68. The van der Waals surface area contributed by atoms with Crippen molar-refractivity contribution in [3.8, 4) is 10.7 Å². The largest absolute Gasteiger partial charge is 0.481 e. The zero-order valence-electron chi connectivity index (χ0n) is 10.1. The number of nitrogen functional groups attached to an aromatic ring is 1. The first-order valence-electron chi connectivity index (χ1n) is 5.50. The van der Waals surface area contributed by atoms with Crippen LogP contribution < -0.4 is 5.84 Å². The molecule has 2 aromatic rings. The lowest BCUT2D eigenvalue weighted by molar-refractivity contribution is -0.133. The van der Waals surface area contributed by atoms with E-state index in [1.807, 2.05) is 6.92 Å². The molecule has 0 aliphatic heterocycles. The van der Waals surface area contributed by atoms with E-state index in [0.29, 0.717) is 11.0 Å². The molecular formula is C9H12N6O2S2. The van der Waals surface area contributed by atoms with Gasteiger partial charge in [0.05, 0.1) is 11.4 Å². The van der Waals surface area contributed by atoms with E-state index in [4.69, 9.17) is 10.9 Å². The van der Waals surface area contributed by atoms with E-state index < -0.39 is 5.97 Å². The normalized spacial score (nSPS) is 10.8. The Bertz CT molecular complexity index is 581. The molecule has 0 saturated carbocycles. The lowest BCUT2D eigenvalue weighted by atomic mass is 10.2. The molecule has 0 aliphatic carbocycles. The van der Waals surface area contributed by atoms with Gasteiger partial charge >= 0.3 is 5.97 Å². The summed E-state index contributed by atoms with van der Waals surface area (Å²) in [4.78, 5) is 11.3. The van der Waals surface area contributed by atoms with Crippen LogP contribution >= 0.6 is 23.3 Å². The molecule has 0 unspecified atom stereocenters. The molecule has 2 aromatic heterocycles. The molecule has 8 nitrogen and oxygen atoms in total. The Morgan fingerprint density at radius 1 is 1.47 bits per heavy atom. The topological polar surface area (TPSA) is 120 Å². The van der Waals surface area contributed by atoms with Crippen molar-refractivity contribution in [1.82, 2.24) is 24.5 Å². The second-order valence-electron chi connectivity index (χ2n) is 3.66. The summed E-state index contributed by atoms with van der Waals surface area (Å²) >= 11 is 2.23. The number of aliphatic carboxylic acids is 1. The molecule has 0 radical (unpaired) electrons. The fourth-order valence-electron chi connectivity index (χ4n) is 1.44. The number of hydrogen-bond donors (Lipinski definition) is 2. The fraction of sp³-hybridized carbons (Fsp3) is 0.444. The third kappa shape index (κ3) is 3.01. The average molecular weight is 300 g/mol. The van der Waals surface area contributed by atoms with Crippen LogP contribution in [0, 0.1) is 0 Å². The zero-order valence-corrected chi connectivity index (χ0v) is 11.7. The summed E-state index contributed by atoms with van der Waals surface area (Å²) in [6, 6.07) is 0.